The zero-order valence-corrected chi connectivity index (χ0v) is 24.2. The van der Waals surface area contributed by atoms with Gasteiger partial charge in [-0.15, -0.1) is 0 Å². The number of hydrogen-bond acceptors (Lipinski definition) is 5. The average Bonchev–Trinajstić information content (AvgIpc) is 3.15. The number of halogens is 1. The Morgan fingerprint density at radius 2 is 1.85 bits per heavy atom. The topological polar surface area (TPSA) is 84.9 Å². The summed E-state index contributed by atoms with van der Waals surface area (Å²) in [6.45, 7) is 2.80. The number of hydrogen-bond donors (Lipinski definition) is 1. The largest absolute Gasteiger partial charge is 0.496 e. The molecular weight excluding hydrogens is 528 g/mol. The number of esters is 1. The SMILES string of the molecule is CCOC(=O)[C@]12CCCCC/C=C\1N(CCc1ccc(Cl)cc1)C(=O)[C@H]2CC(=O)NCCc1ccccc1OC. The van der Waals surface area contributed by atoms with E-state index >= 15 is 0 Å². The van der Waals surface area contributed by atoms with Crippen LogP contribution in [0, 0.1) is 11.3 Å². The number of nitrogens with zero attached hydrogens (tertiary/aromatic N) is 1. The van der Waals surface area contributed by atoms with Gasteiger partial charge in [0.2, 0.25) is 11.8 Å². The molecule has 2 amide bonds. The van der Waals surface area contributed by atoms with Crippen LogP contribution in [0.5, 0.6) is 5.75 Å². The number of likely N-dealkylation sites (tertiary alicyclic amines) is 1. The number of benzene rings is 2. The van der Waals surface area contributed by atoms with E-state index in [-0.39, 0.29) is 24.8 Å². The second-order valence-electron chi connectivity index (χ2n) is 10.4. The monoisotopic (exact) mass is 566 g/mol. The summed E-state index contributed by atoms with van der Waals surface area (Å²) in [5, 5.41) is 3.62. The average molecular weight is 567 g/mol. The fourth-order valence-corrected chi connectivity index (χ4v) is 6.12. The highest BCUT2D eigenvalue weighted by molar-refractivity contribution is 6.30. The Labute approximate surface area is 241 Å². The predicted molar refractivity (Wildman–Crippen MR) is 155 cm³/mol. The predicted octanol–water partition coefficient (Wildman–Crippen LogP) is 5.50. The summed E-state index contributed by atoms with van der Waals surface area (Å²) in [7, 11) is 1.62. The van der Waals surface area contributed by atoms with Crippen LogP contribution in [-0.4, -0.2) is 49.5 Å². The van der Waals surface area contributed by atoms with Crippen LogP contribution in [0.15, 0.2) is 60.3 Å². The molecule has 7 nitrogen and oxygen atoms in total. The number of fused-ring (bicyclic) bond motifs is 1. The van der Waals surface area contributed by atoms with E-state index in [2.05, 4.69) is 5.32 Å². The molecule has 0 aromatic heterocycles. The molecule has 1 heterocycles. The first-order chi connectivity index (χ1) is 19.4. The molecule has 0 spiro atoms. The van der Waals surface area contributed by atoms with E-state index in [9.17, 15) is 14.4 Å². The third-order valence-electron chi connectivity index (χ3n) is 8.00. The number of allylic oxidation sites excluding steroid dienone is 1. The van der Waals surface area contributed by atoms with Crippen LogP contribution in [0.25, 0.3) is 0 Å². The summed E-state index contributed by atoms with van der Waals surface area (Å²) < 4.78 is 11.0. The van der Waals surface area contributed by atoms with Crippen LogP contribution in [0.2, 0.25) is 5.02 Å². The van der Waals surface area contributed by atoms with Gasteiger partial charge in [0, 0.05) is 30.2 Å². The summed E-state index contributed by atoms with van der Waals surface area (Å²) in [5.74, 6) is -0.887. The summed E-state index contributed by atoms with van der Waals surface area (Å²) >= 11 is 6.05. The molecule has 4 rings (SSSR count). The van der Waals surface area contributed by atoms with Crippen molar-refractivity contribution in [3.05, 3.63) is 76.5 Å². The van der Waals surface area contributed by atoms with Crippen molar-refractivity contribution in [3.63, 3.8) is 0 Å². The number of nitrogens with one attached hydrogen (secondary N) is 1. The molecule has 1 aliphatic carbocycles. The van der Waals surface area contributed by atoms with Crippen LogP contribution in [0.3, 0.4) is 0 Å². The van der Waals surface area contributed by atoms with Gasteiger partial charge in [-0.25, -0.2) is 0 Å². The van der Waals surface area contributed by atoms with E-state index in [0.29, 0.717) is 43.1 Å². The van der Waals surface area contributed by atoms with E-state index in [1.807, 2.05) is 54.6 Å². The Morgan fingerprint density at radius 3 is 2.60 bits per heavy atom. The molecule has 0 unspecified atom stereocenters. The zero-order chi connectivity index (χ0) is 28.5. The summed E-state index contributed by atoms with van der Waals surface area (Å²) in [6, 6.07) is 15.2. The van der Waals surface area contributed by atoms with Gasteiger partial charge in [-0.1, -0.05) is 60.9 Å². The minimum Gasteiger partial charge on any atom is -0.496 e. The Bertz CT molecular complexity index is 1230. The van der Waals surface area contributed by atoms with Crippen molar-refractivity contribution < 1.29 is 23.9 Å². The summed E-state index contributed by atoms with van der Waals surface area (Å²) in [4.78, 5) is 42.8. The molecule has 1 fully saturated rings. The van der Waals surface area contributed by atoms with E-state index in [0.717, 1.165) is 42.6 Å². The molecule has 1 N–H and O–H groups in total. The lowest BCUT2D eigenvalue weighted by molar-refractivity contribution is -0.158. The van der Waals surface area contributed by atoms with Crippen molar-refractivity contribution in [2.45, 2.75) is 58.3 Å². The van der Waals surface area contributed by atoms with Crippen molar-refractivity contribution in [2.75, 3.05) is 26.8 Å². The molecule has 0 radical (unpaired) electrons. The van der Waals surface area contributed by atoms with Crippen LogP contribution in [0.1, 0.15) is 56.6 Å². The van der Waals surface area contributed by atoms with Crippen molar-refractivity contribution in [1.29, 1.82) is 0 Å². The van der Waals surface area contributed by atoms with Crippen molar-refractivity contribution >= 4 is 29.4 Å². The quantitative estimate of drug-likeness (QED) is 0.363. The van der Waals surface area contributed by atoms with Crippen LogP contribution < -0.4 is 10.1 Å². The van der Waals surface area contributed by atoms with Gasteiger partial charge >= 0.3 is 5.97 Å². The van der Waals surface area contributed by atoms with E-state index in [1.165, 1.54) is 0 Å². The third-order valence-corrected chi connectivity index (χ3v) is 8.25. The van der Waals surface area contributed by atoms with Gasteiger partial charge < -0.3 is 19.7 Å². The standard InChI is InChI=1S/C32H39ClN2O5/c1-3-40-31(38)32-19-9-5-4-6-12-28(32)35(21-18-23-13-15-25(33)16-14-23)30(37)26(32)22-29(36)34-20-17-24-10-7-8-11-27(24)39-2/h7-8,10-16,26H,3-6,9,17-22H2,1-2H3,(H,34,36)/b28-12+/t26-,32+/m1/s1. The van der Waals surface area contributed by atoms with E-state index in [4.69, 9.17) is 21.1 Å². The van der Waals surface area contributed by atoms with Gasteiger partial charge in [0.15, 0.2) is 0 Å². The van der Waals surface area contributed by atoms with Crippen LogP contribution in [-0.2, 0) is 32.0 Å². The maximum absolute atomic E-state index is 14.1. The van der Waals surface area contributed by atoms with E-state index in [1.54, 1.807) is 18.9 Å². The maximum Gasteiger partial charge on any atom is 0.318 e. The number of amides is 2. The van der Waals surface area contributed by atoms with Gasteiger partial charge in [0.1, 0.15) is 11.2 Å². The van der Waals surface area contributed by atoms with Gasteiger partial charge in [-0.2, -0.15) is 0 Å². The molecule has 2 aliphatic rings. The number of carbonyl (C=O) groups excluding carboxylic acids is 3. The lowest BCUT2D eigenvalue weighted by Gasteiger charge is -2.34. The van der Waals surface area contributed by atoms with Crippen molar-refractivity contribution in [3.8, 4) is 5.75 Å². The normalized spacial score (nSPS) is 22.0. The van der Waals surface area contributed by atoms with Crippen molar-refractivity contribution in [2.24, 2.45) is 11.3 Å². The van der Waals surface area contributed by atoms with Gasteiger partial charge in [0.25, 0.3) is 0 Å². The van der Waals surface area contributed by atoms with Gasteiger partial charge in [-0.3, -0.25) is 14.4 Å². The highest BCUT2D eigenvalue weighted by atomic mass is 35.5. The lowest BCUT2D eigenvalue weighted by Crippen LogP contribution is -2.42. The molecular formula is C32H39ClN2O5. The molecule has 2 atom stereocenters. The zero-order valence-electron chi connectivity index (χ0n) is 23.4. The van der Waals surface area contributed by atoms with E-state index < -0.39 is 17.3 Å². The van der Waals surface area contributed by atoms with Crippen LogP contribution in [0.4, 0.5) is 0 Å². The Balaban J connectivity index is 1.57. The minimum atomic E-state index is -1.16. The minimum absolute atomic E-state index is 0.0711. The van der Waals surface area contributed by atoms with Crippen LogP contribution >= 0.6 is 11.6 Å². The molecule has 0 bridgehead atoms. The summed E-state index contributed by atoms with van der Waals surface area (Å²) in [6.07, 6.45) is 7.18. The molecule has 1 saturated heterocycles. The maximum atomic E-state index is 14.1. The lowest BCUT2D eigenvalue weighted by atomic mass is 9.69. The molecule has 2 aromatic rings. The Hall–Kier alpha value is -3.32. The van der Waals surface area contributed by atoms with Gasteiger partial charge in [-0.05, 0) is 68.4 Å². The first kappa shape index (κ1) is 29.7. The Kier molecular flexibility index (Phi) is 10.3. The first-order valence-electron chi connectivity index (χ1n) is 14.2. The fourth-order valence-electron chi connectivity index (χ4n) is 5.99. The third kappa shape index (κ3) is 6.52. The van der Waals surface area contributed by atoms with Crippen molar-refractivity contribution in [1.82, 2.24) is 10.2 Å². The highest BCUT2D eigenvalue weighted by Gasteiger charge is 2.61. The molecule has 0 saturated carbocycles. The van der Waals surface area contributed by atoms with Gasteiger partial charge in [0.05, 0.1) is 19.6 Å². The second kappa shape index (κ2) is 13.8. The highest BCUT2D eigenvalue weighted by Crippen LogP contribution is 2.52. The first-order valence-corrected chi connectivity index (χ1v) is 14.6. The number of carbonyl (C=O) groups is 3. The number of methoxy groups -OCH3 is 1. The fraction of sp³-hybridized carbons (Fsp3) is 0.469. The molecule has 40 heavy (non-hydrogen) atoms. The second-order valence-corrected chi connectivity index (χ2v) is 10.9. The smallest absolute Gasteiger partial charge is 0.318 e. The Morgan fingerprint density at radius 1 is 1.07 bits per heavy atom. The molecule has 8 heteroatoms. The molecule has 2 aromatic carbocycles. The number of rotatable bonds is 11. The molecule has 214 valence electrons. The number of ether oxygens (including phenoxy) is 2. The summed E-state index contributed by atoms with van der Waals surface area (Å²) in [5.41, 5.74) is 1.58. The number of para-hydroxylation sites is 1. The molecule has 1 aliphatic heterocycles.